The second kappa shape index (κ2) is 5.27. The molecule has 2 N–H and O–H groups in total. The number of anilines is 1. The average Bonchev–Trinajstić information content (AvgIpc) is 2.71. The van der Waals surface area contributed by atoms with Crippen molar-refractivity contribution in [3.8, 4) is 0 Å². The van der Waals surface area contributed by atoms with Crippen molar-refractivity contribution in [1.82, 2.24) is 19.6 Å². The molecule has 19 heavy (non-hydrogen) atoms. The first-order valence-corrected chi connectivity index (χ1v) is 8.74. The van der Waals surface area contributed by atoms with Crippen molar-refractivity contribution in [2.75, 3.05) is 25.4 Å². The molecule has 0 fully saturated rings. The molecule has 0 radical (unpaired) electrons. The molecular formula is C11H18N5O2P. The summed E-state index contributed by atoms with van der Waals surface area (Å²) in [6, 6.07) is 0. The molecule has 0 saturated carbocycles. The Balaban J connectivity index is 2.09. The molecule has 2 rings (SSSR count). The van der Waals surface area contributed by atoms with Crippen LogP contribution in [-0.4, -0.2) is 45.4 Å². The zero-order chi connectivity index (χ0) is 14.0. The summed E-state index contributed by atoms with van der Waals surface area (Å²) in [5.41, 5.74) is 7.31. The predicted molar refractivity (Wildman–Crippen MR) is 73.8 cm³/mol. The zero-order valence-electron chi connectivity index (χ0n) is 11.3. The molecule has 0 aliphatic heterocycles. The molecule has 0 bridgehead atoms. The molecule has 0 saturated heterocycles. The maximum absolute atomic E-state index is 11.6. The minimum Gasteiger partial charge on any atom is -0.370 e. The van der Waals surface area contributed by atoms with Crippen LogP contribution in [0.25, 0.3) is 5.65 Å². The summed E-state index contributed by atoms with van der Waals surface area (Å²) < 4.78 is 18.7. The monoisotopic (exact) mass is 283 g/mol. The molecule has 0 aromatic carbocycles. The second-order valence-corrected chi connectivity index (χ2v) is 8.43. The van der Waals surface area contributed by atoms with Gasteiger partial charge in [-0.3, -0.25) is 0 Å². The van der Waals surface area contributed by atoms with E-state index in [-0.39, 0.29) is 12.5 Å². The molecule has 104 valence electrons. The molecule has 1 unspecified atom stereocenters. The number of rotatable bonds is 5. The second-order valence-electron chi connectivity index (χ2n) is 5.02. The Hall–Kier alpha value is -1.46. The van der Waals surface area contributed by atoms with Gasteiger partial charge in [0.25, 0.3) is 0 Å². The van der Waals surface area contributed by atoms with Crippen LogP contribution < -0.4 is 5.73 Å². The molecule has 2 aromatic rings. The number of nitrogen functional groups attached to an aromatic ring is 1. The van der Waals surface area contributed by atoms with Crippen molar-refractivity contribution >= 4 is 18.7 Å². The third-order valence-electron chi connectivity index (χ3n) is 2.58. The minimum atomic E-state index is -2.15. The lowest BCUT2D eigenvalue weighted by atomic mass is 10.2. The van der Waals surface area contributed by atoms with E-state index in [2.05, 4.69) is 15.1 Å². The highest BCUT2D eigenvalue weighted by molar-refractivity contribution is 7.62. The van der Waals surface area contributed by atoms with E-state index in [0.29, 0.717) is 18.0 Å². The van der Waals surface area contributed by atoms with Crippen molar-refractivity contribution in [3.05, 3.63) is 18.1 Å². The molecule has 8 heteroatoms. The molecule has 0 aliphatic carbocycles. The number of aromatic nitrogens is 4. The van der Waals surface area contributed by atoms with E-state index in [1.54, 1.807) is 19.5 Å². The van der Waals surface area contributed by atoms with Crippen molar-refractivity contribution in [3.63, 3.8) is 0 Å². The molecule has 2 heterocycles. The van der Waals surface area contributed by atoms with E-state index in [1.165, 1.54) is 10.8 Å². The van der Waals surface area contributed by atoms with Crippen LogP contribution in [0.5, 0.6) is 0 Å². The number of ether oxygens (including phenoxy) is 1. The normalized spacial score (nSPS) is 13.8. The molecule has 1 atom stereocenters. The Morgan fingerprint density at radius 3 is 2.89 bits per heavy atom. The quantitative estimate of drug-likeness (QED) is 0.829. The highest BCUT2D eigenvalue weighted by Crippen LogP contribution is 2.36. The van der Waals surface area contributed by atoms with Gasteiger partial charge in [0, 0.05) is 12.0 Å². The van der Waals surface area contributed by atoms with Crippen molar-refractivity contribution in [2.24, 2.45) is 0 Å². The molecule has 0 aliphatic rings. The fraction of sp³-hybridized carbons (Fsp3) is 0.545. The lowest BCUT2D eigenvalue weighted by Crippen LogP contribution is -2.13. The van der Waals surface area contributed by atoms with Gasteiger partial charge in [-0.1, -0.05) is 0 Å². The van der Waals surface area contributed by atoms with Crippen molar-refractivity contribution in [2.45, 2.75) is 19.4 Å². The van der Waals surface area contributed by atoms with Crippen LogP contribution in [0.15, 0.2) is 12.5 Å². The summed E-state index contributed by atoms with van der Waals surface area (Å²) >= 11 is 0. The highest BCUT2D eigenvalue weighted by atomic mass is 31.2. The summed E-state index contributed by atoms with van der Waals surface area (Å²) in [5.74, 6) is 0.302. The Kier molecular flexibility index (Phi) is 3.87. The zero-order valence-corrected chi connectivity index (χ0v) is 12.2. The highest BCUT2D eigenvalue weighted by Gasteiger charge is 2.14. The number of nitrogens with zero attached hydrogens (tertiary/aromatic N) is 4. The maximum Gasteiger partial charge on any atom is 0.224 e. The summed E-state index contributed by atoms with van der Waals surface area (Å²) in [7, 11) is -2.15. The predicted octanol–water partition coefficient (Wildman–Crippen LogP) is 1.23. The number of fused-ring (bicyclic) bond motifs is 1. The Bertz CT molecular complexity index is 621. The molecule has 0 amide bonds. The van der Waals surface area contributed by atoms with E-state index < -0.39 is 7.14 Å². The maximum atomic E-state index is 11.6. The number of hydrogen-bond donors (Lipinski definition) is 1. The van der Waals surface area contributed by atoms with Crippen LogP contribution in [0, 0.1) is 0 Å². The fourth-order valence-electron chi connectivity index (χ4n) is 1.70. The first kappa shape index (κ1) is 14.0. The van der Waals surface area contributed by atoms with Gasteiger partial charge < -0.3 is 15.0 Å². The first-order chi connectivity index (χ1) is 8.87. The Morgan fingerprint density at radius 2 is 2.21 bits per heavy atom. The lowest BCUT2D eigenvalue weighted by molar-refractivity contribution is 0.101. The van der Waals surface area contributed by atoms with E-state index in [0.717, 1.165) is 5.56 Å². The van der Waals surface area contributed by atoms with Crippen LogP contribution in [0.3, 0.4) is 0 Å². The Labute approximate surface area is 111 Å². The summed E-state index contributed by atoms with van der Waals surface area (Å²) in [6.45, 7) is 5.36. The fourth-order valence-corrected chi connectivity index (χ4v) is 2.31. The van der Waals surface area contributed by atoms with Gasteiger partial charge in [0.2, 0.25) is 5.95 Å². The van der Waals surface area contributed by atoms with Crippen LogP contribution in [0.4, 0.5) is 5.95 Å². The summed E-state index contributed by atoms with van der Waals surface area (Å²) in [4.78, 5) is 8.03. The van der Waals surface area contributed by atoms with E-state index >= 15 is 0 Å². The van der Waals surface area contributed by atoms with Crippen LogP contribution in [0.1, 0.15) is 12.5 Å². The van der Waals surface area contributed by atoms with E-state index in [1.807, 2.05) is 6.92 Å². The van der Waals surface area contributed by atoms with E-state index in [9.17, 15) is 4.57 Å². The number of hydrogen-bond acceptors (Lipinski definition) is 6. The first-order valence-electron chi connectivity index (χ1n) is 5.95. The molecule has 2 aromatic heterocycles. The van der Waals surface area contributed by atoms with Crippen LogP contribution in [0.2, 0.25) is 0 Å². The average molecular weight is 283 g/mol. The van der Waals surface area contributed by atoms with Gasteiger partial charge in [0.05, 0.1) is 18.6 Å². The largest absolute Gasteiger partial charge is 0.370 e. The summed E-state index contributed by atoms with van der Waals surface area (Å²) in [5, 5.41) is 4.14. The standard InChI is InChI=1S/C11H18N5O2P/c1-8(18-7-19(2,3)17)4-9-5-15-16-10(9)13-6-14-11(16)12/h5-6,8H,4,7H2,1-3H3,(H2,12,13,14). The van der Waals surface area contributed by atoms with Gasteiger partial charge in [-0.15, -0.1) is 0 Å². The lowest BCUT2D eigenvalue weighted by Gasteiger charge is -2.14. The minimum absolute atomic E-state index is 0.0579. The van der Waals surface area contributed by atoms with E-state index in [4.69, 9.17) is 10.5 Å². The topological polar surface area (TPSA) is 95.4 Å². The smallest absolute Gasteiger partial charge is 0.224 e. The van der Waals surface area contributed by atoms with Gasteiger partial charge >= 0.3 is 0 Å². The van der Waals surface area contributed by atoms with Gasteiger partial charge in [0.15, 0.2) is 5.65 Å². The van der Waals surface area contributed by atoms with Crippen molar-refractivity contribution < 1.29 is 9.30 Å². The van der Waals surface area contributed by atoms with Gasteiger partial charge in [-0.05, 0) is 20.3 Å². The van der Waals surface area contributed by atoms with Gasteiger partial charge in [-0.25, -0.2) is 9.97 Å². The number of nitrogens with two attached hydrogens (primary N) is 1. The molecular weight excluding hydrogens is 265 g/mol. The third kappa shape index (κ3) is 3.52. The summed E-state index contributed by atoms with van der Waals surface area (Å²) in [6.07, 6.45) is 3.98. The van der Waals surface area contributed by atoms with Crippen molar-refractivity contribution in [1.29, 1.82) is 0 Å². The van der Waals surface area contributed by atoms with Crippen LogP contribution in [-0.2, 0) is 15.7 Å². The molecule has 0 spiro atoms. The van der Waals surface area contributed by atoms with Gasteiger partial charge in [0.1, 0.15) is 13.5 Å². The van der Waals surface area contributed by atoms with Crippen LogP contribution >= 0.6 is 7.14 Å². The van der Waals surface area contributed by atoms with Gasteiger partial charge in [-0.2, -0.15) is 9.61 Å². The third-order valence-corrected chi connectivity index (χ3v) is 3.35. The Morgan fingerprint density at radius 1 is 1.47 bits per heavy atom. The molecule has 7 nitrogen and oxygen atoms in total. The SMILES string of the molecule is CC(Cc1cnn2c(N)ncnc12)OCP(C)(C)=O.